The van der Waals surface area contributed by atoms with Crippen LogP contribution >= 0.6 is 0 Å². The zero-order chi connectivity index (χ0) is 24.7. The number of carbonyl (C=O) groups is 1. The minimum absolute atomic E-state index is 0.315. The Bertz CT molecular complexity index is 1180. The lowest BCUT2D eigenvalue weighted by molar-refractivity contribution is 0.00578. The normalized spacial score (nSPS) is 16.4. The van der Waals surface area contributed by atoms with Crippen molar-refractivity contribution in [2.45, 2.75) is 38.9 Å². The smallest absolute Gasteiger partial charge is 0.399 e. The summed E-state index contributed by atoms with van der Waals surface area (Å²) in [6.45, 7) is 8.16. The predicted octanol–water partition coefficient (Wildman–Crippen LogP) is 3.95. The molecule has 4 rings (SSSR count). The van der Waals surface area contributed by atoms with Gasteiger partial charge < -0.3 is 25.3 Å². The van der Waals surface area contributed by atoms with E-state index in [-0.39, 0.29) is 17.1 Å². The molecule has 3 aromatic rings. The highest BCUT2D eigenvalue weighted by atomic mass is 16.7. The number of amides is 1. The molecule has 0 saturated carbocycles. The van der Waals surface area contributed by atoms with Crippen molar-refractivity contribution in [3.8, 4) is 11.1 Å². The highest BCUT2D eigenvalue weighted by molar-refractivity contribution is 6.62. The summed E-state index contributed by atoms with van der Waals surface area (Å²) in [4.78, 5) is 18.9. The molecule has 1 amide bonds. The highest BCUT2D eigenvalue weighted by Crippen LogP contribution is 2.36. The van der Waals surface area contributed by atoms with Gasteiger partial charge in [-0.3, -0.25) is 4.79 Å². The number of nitrogens with two attached hydrogens (primary N) is 1. The second-order valence-corrected chi connectivity index (χ2v) is 9.76. The number of anilines is 3. The van der Waals surface area contributed by atoms with Gasteiger partial charge in [0.05, 0.1) is 34.5 Å². The van der Waals surface area contributed by atoms with Crippen LogP contribution in [0.5, 0.6) is 0 Å². The van der Waals surface area contributed by atoms with E-state index in [4.69, 9.17) is 15.0 Å². The van der Waals surface area contributed by atoms with Crippen molar-refractivity contribution in [2.75, 3.05) is 30.0 Å². The summed E-state index contributed by atoms with van der Waals surface area (Å²) in [5, 5.41) is 2.88. The average molecular weight is 458 g/mol. The maximum Gasteiger partial charge on any atom is 0.494 e. The molecular formula is C26H31BN4O3. The summed E-state index contributed by atoms with van der Waals surface area (Å²) in [6, 6.07) is 17.2. The van der Waals surface area contributed by atoms with Crippen molar-refractivity contribution >= 4 is 35.6 Å². The van der Waals surface area contributed by atoms with Crippen LogP contribution in [0.1, 0.15) is 38.2 Å². The highest BCUT2D eigenvalue weighted by Gasteiger charge is 2.51. The Hall–Kier alpha value is -3.36. The van der Waals surface area contributed by atoms with Gasteiger partial charge in [0, 0.05) is 14.1 Å². The molecule has 0 atom stereocenters. The first-order chi connectivity index (χ1) is 16.0. The molecule has 8 heteroatoms. The summed E-state index contributed by atoms with van der Waals surface area (Å²) in [6.07, 6.45) is 1.66. The van der Waals surface area contributed by atoms with Crippen LogP contribution in [-0.4, -0.2) is 43.3 Å². The first-order valence-corrected chi connectivity index (χ1v) is 11.3. The van der Waals surface area contributed by atoms with Crippen molar-refractivity contribution in [3.05, 3.63) is 66.5 Å². The number of benzene rings is 2. The third-order valence-electron chi connectivity index (χ3n) is 6.57. The quantitative estimate of drug-likeness (QED) is 0.445. The molecule has 1 saturated heterocycles. The Morgan fingerprint density at radius 1 is 0.941 bits per heavy atom. The van der Waals surface area contributed by atoms with Gasteiger partial charge in [-0.2, -0.15) is 0 Å². The van der Waals surface area contributed by atoms with Crippen LogP contribution in [-0.2, 0) is 9.31 Å². The number of carbonyl (C=O) groups excluding carboxylic acids is 1. The van der Waals surface area contributed by atoms with Gasteiger partial charge in [0.25, 0.3) is 5.91 Å². The minimum atomic E-state index is -0.410. The fourth-order valence-electron chi connectivity index (χ4n) is 3.63. The number of nitrogen functional groups attached to an aromatic ring is 1. The summed E-state index contributed by atoms with van der Waals surface area (Å²) in [5.41, 5.74) is 10.5. The number of aromatic nitrogens is 1. The minimum Gasteiger partial charge on any atom is -0.399 e. The van der Waals surface area contributed by atoms with E-state index in [2.05, 4.69) is 10.3 Å². The Balaban J connectivity index is 1.51. The topological polar surface area (TPSA) is 89.7 Å². The molecule has 1 aliphatic rings. The molecule has 2 aromatic carbocycles. The van der Waals surface area contributed by atoms with Crippen LogP contribution in [0.15, 0.2) is 60.8 Å². The zero-order valence-electron chi connectivity index (χ0n) is 20.5. The molecule has 2 heterocycles. The molecule has 34 heavy (non-hydrogen) atoms. The SMILES string of the molecule is CN(C)c1ccc(C(=O)Nc2cc(-c3ccc(B4OC(C)(C)C(C)(C)O4)cc3)ccc2N)nc1. The first kappa shape index (κ1) is 23.8. The summed E-state index contributed by atoms with van der Waals surface area (Å²) in [5.74, 6) is -0.315. The van der Waals surface area contributed by atoms with Gasteiger partial charge >= 0.3 is 7.12 Å². The van der Waals surface area contributed by atoms with E-state index in [0.717, 1.165) is 22.3 Å². The van der Waals surface area contributed by atoms with E-state index in [1.54, 1.807) is 18.3 Å². The number of hydrogen-bond acceptors (Lipinski definition) is 6. The largest absolute Gasteiger partial charge is 0.494 e. The molecule has 1 aliphatic heterocycles. The van der Waals surface area contributed by atoms with E-state index in [9.17, 15) is 4.79 Å². The van der Waals surface area contributed by atoms with E-state index < -0.39 is 7.12 Å². The van der Waals surface area contributed by atoms with Gasteiger partial charge in [0.1, 0.15) is 5.69 Å². The van der Waals surface area contributed by atoms with E-state index in [1.807, 2.05) is 89.2 Å². The lowest BCUT2D eigenvalue weighted by Crippen LogP contribution is -2.41. The van der Waals surface area contributed by atoms with Gasteiger partial charge in [-0.05, 0) is 68.6 Å². The number of rotatable bonds is 5. The van der Waals surface area contributed by atoms with Crippen LogP contribution in [0.3, 0.4) is 0 Å². The molecule has 1 fully saturated rings. The fraction of sp³-hybridized carbons (Fsp3) is 0.308. The molecule has 0 spiro atoms. The Kier molecular flexibility index (Phi) is 6.14. The molecule has 0 unspecified atom stereocenters. The van der Waals surface area contributed by atoms with Crippen molar-refractivity contribution in [1.29, 1.82) is 0 Å². The monoisotopic (exact) mass is 458 g/mol. The number of nitrogens with one attached hydrogen (secondary N) is 1. The standard InChI is InChI=1S/C26H31BN4O3/c1-25(2)26(3,4)34-27(33-25)19-10-7-17(8-11-19)18-9-13-21(28)23(15-18)30-24(32)22-14-12-20(16-29-22)31(5)6/h7-16H,28H2,1-6H3,(H,30,32). The molecule has 176 valence electrons. The molecule has 0 aliphatic carbocycles. The molecule has 0 bridgehead atoms. The molecular weight excluding hydrogens is 427 g/mol. The Morgan fingerprint density at radius 3 is 2.12 bits per heavy atom. The maximum absolute atomic E-state index is 12.7. The van der Waals surface area contributed by atoms with Gasteiger partial charge in [0.2, 0.25) is 0 Å². The second kappa shape index (κ2) is 8.78. The first-order valence-electron chi connectivity index (χ1n) is 11.3. The molecule has 3 N–H and O–H groups in total. The summed E-state index contributed by atoms with van der Waals surface area (Å²) in [7, 11) is 3.43. The van der Waals surface area contributed by atoms with Crippen molar-refractivity contribution in [2.24, 2.45) is 0 Å². The van der Waals surface area contributed by atoms with Crippen molar-refractivity contribution in [1.82, 2.24) is 4.98 Å². The zero-order valence-corrected chi connectivity index (χ0v) is 20.5. The van der Waals surface area contributed by atoms with Gasteiger partial charge in [-0.15, -0.1) is 0 Å². The number of hydrogen-bond donors (Lipinski definition) is 2. The Morgan fingerprint density at radius 2 is 1.56 bits per heavy atom. The second-order valence-electron chi connectivity index (χ2n) is 9.76. The van der Waals surface area contributed by atoms with Crippen LogP contribution in [0, 0.1) is 0 Å². The number of pyridine rings is 1. The van der Waals surface area contributed by atoms with E-state index >= 15 is 0 Å². The van der Waals surface area contributed by atoms with E-state index in [0.29, 0.717) is 17.1 Å². The van der Waals surface area contributed by atoms with Crippen molar-refractivity contribution in [3.63, 3.8) is 0 Å². The number of nitrogens with zero attached hydrogens (tertiary/aromatic N) is 2. The predicted molar refractivity (Wildman–Crippen MR) is 139 cm³/mol. The summed E-state index contributed by atoms with van der Waals surface area (Å²) < 4.78 is 12.3. The fourth-order valence-corrected chi connectivity index (χ4v) is 3.63. The summed E-state index contributed by atoms with van der Waals surface area (Å²) >= 11 is 0. The molecule has 7 nitrogen and oxygen atoms in total. The third kappa shape index (κ3) is 4.65. The lowest BCUT2D eigenvalue weighted by atomic mass is 9.78. The molecule has 0 radical (unpaired) electrons. The Labute approximate surface area is 201 Å². The lowest BCUT2D eigenvalue weighted by Gasteiger charge is -2.32. The average Bonchev–Trinajstić information content (AvgIpc) is 3.02. The van der Waals surface area contributed by atoms with Crippen LogP contribution < -0.4 is 21.4 Å². The van der Waals surface area contributed by atoms with Crippen molar-refractivity contribution < 1.29 is 14.1 Å². The van der Waals surface area contributed by atoms with E-state index in [1.165, 1.54) is 0 Å². The van der Waals surface area contributed by atoms with Crippen LogP contribution in [0.25, 0.3) is 11.1 Å². The van der Waals surface area contributed by atoms with Gasteiger partial charge in [-0.1, -0.05) is 30.3 Å². The maximum atomic E-state index is 12.7. The molecule has 1 aromatic heterocycles. The third-order valence-corrected chi connectivity index (χ3v) is 6.57. The van der Waals surface area contributed by atoms with Gasteiger partial charge in [0.15, 0.2) is 0 Å². The van der Waals surface area contributed by atoms with Gasteiger partial charge in [-0.25, -0.2) is 4.98 Å². The van der Waals surface area contributed by atoms with Crippen LogP contribution in [0.4, 0.5) is 17.1 Å². The van der Waals surface area contributed by atoms with Crippen LogP contribution in [0.2, 0.25) is 0 Å².